The van der Waals surface area contributed by atoms with Crippen LogP contribution < -0.4 is 0 Å². The van der Waals surface area contributed by atoms with Gasteiger partial charge in [-0.1, -0.05) is 158 Å². The normalized spacial score (nSPS) is 11.6. The fraction of sp³-hybridized carbons (Fsp3) is 0. The molecular formula is C51H32N4S. The largest absolute Gasteiger partial charge is 0.308 e. The van der Waals surface area contributed by atoms with Crippen molar-refractivity contribution in [3.05, 3.63) is 194 Å². The van der Waals surface area contributed by atoms with Crippen molar-refractivity contribution in [2.24, 2.45) is 0 Å². The van der Waals surface area contributed by atoms with Gasteiger partial charge < -0.3 is 4.57 Å². The van der Waals surface area contributed by atoms with Crippen LogP contribution in [0.3, 0.4) is 0 Å². The molecule has 0 spiro atoms. The summed E-state index contributed by atoms with van der Waals surface area (Å²) in [6, 6.07) is 68.1. The van der Waals surface area contributed by atoms with E-state index in [9.17, 15) is 0 Å². The van der Waals surface area contributed by atoms with Crippen LogP contribution in [0.5, 0.6) is 0 Å². The molecule has 0 aliphatic carbocycles. The second-order valence-corrected chi connectivity index (χ2v) is 15.0. The number of nitrogens with zero attached hydrogens (tertiary/aromatic N) is 4. The van der Waals surface area contributed by atoms with Gasteiger partial charge in [-0.25, -0.2) is 15.0 Å². The maximum Gasteiger partial charge on any atom is 0.160 e. The molecule has 0 aliphatic heterocycles. The lowest BCUT2D eigenvalue weighted by molar-refractivity contribution is 1.18. The Morgan fingerprint density at radius 2 is 0.964 bits per heavy atom. The molecular weight excluding hydrogens is 701 g/mol. The number of pyridine rings is 1. The van der Waals surface area contributed by atoms with E-state index in [0.29, 0.717) is 5.82 Å². The van der Waals surface area contributed by atoms with E-state index in [1.807, 2.05) is 47.7 Å². The number of thiophene rings is 1. The monoisotopic (exact) mass is 732 g/mol. The Morgan fingerprint density at radius 1 is 0.393 bits per heavy atom. The van der Waals surface area contributed by atoms with Crippen LogP contribution in [0.1, 0.15) is 0 Å². The van der Waals surface area contributed by atoms with Crippen LogP contribution in [0.2, 0.25) is 0 Å². The first-order valence-corrected chi connectivity index (χ1v) is 19.6. The fourth-order valence-corrected chi connectivity index (χ4v) is 9.30. The minimum atomic E-state index is 0.710. The van der Waals surface area contributed by atoms with Gasteiger partial charge in [0.1, 0.15) is 0 Å². The second-order valence-electron chi connectivity index (χ2n) is 14.0. The molecule has 4 nitrogen and oxygen atoms in total. The number of hydrogen-bond donors (Lipinski definition) is 0. The van der Waals surface area contributed by atoms with Crippen molar-refractivity contribution < 1.29 is 0 Å². The van der Waals surface area contributed by atoms with Crippen LogP contribution in [0.4, 0.5) is 0 Å². The summed E-state index contributed by atoms with van der Waals surface area (Å²) >= 11 is 1.87. The molecule has 5 heteroatoms. The van der Waals surface area contributed by atoms with E-state index in [2.05, 4.69) is 162 Å². The summed E-state index contributed by atoms with van der Waals surface area (Å²) in [5.74, 6) is 0.710. The van der Waals surface area contributed by atoms with Gasteiger partial charge in [0, 0.05) is 48.8 Å². The topological polar surface area (TPSA) is 43.6 Å². The van der Waals surface area contributed by atoms with Crippen molar-refractivity contribution in [3.8, 4) is 62.0 Å². The van der Waals surface area contributed by atoms with E-state index in [1.54, 1.807) is 0 Å². The average molecular weight is 733 g/mol. The van der Waals surface area contributed by atoms with Crippen molar-refractivity contribution >= 4 is 53.4 Å². The molecule has 0 bridgehead atoms. The van der Waals surface area contributed by atoms with Gasteiger partial charge in [0.25, 0.3) is 0 Å². The van der Waals surface area contributed by atoms with Gasteiger partial charge in [-0.05, 0) is 47.5 Å². The van der Waals surface area contributed by atoms with Crippen molar-refractivity contribution in [3.63, 3.8) is 0 Å². The van der Waals surface area contributed by atoms with Crippen molar-refractivity contribution in [1.82, 2.24) is 19.5 Å². The molecule has 7 aromatic carbocycles. The van der Waals surface area contributed by atoms with Crippen LogP contribution in [0.25, 0.3) is 104 Å². The highest BCUT2D eigenvalue weighted by molar-refractivity contribution is 7.27. The molecule has 0 N–H and O–H groups in total. The number of para-hydroxylation sites is 3. The molecule has 11 rings (SSSR count). The lowest BCUT2D eigenvalue weighted by Crippen LogP contribution is -1.96. The first kappa shape index (κ1) is 32.2. The average Bonchev–Trinajstić information content (AvgIpc) is 3.82. The lowest BCUT2D eigenvalue weighted by atomic mass is 9.98. The highest BCUT2D eigenvalue weighted by atomic mass is 32.1. The van der Waals surface area contributed by atoms with Crippen molar-refractivity contribution in [2.75, 3.05) is 0 Å². The molecule has 0 amide bonds. The summed E-state index contributed by atoms with van der Waals surface area (Å²) in [6.07, 6.45) is 0. The molecule has 0 saturated carbocycles. The molecule has 4 heterocycles. The van der Waals surface area contributed by atoms with E-state index >= 15 is 0 Å². The molecule has 0 unspecified atom stereocenters. The van der Waals surface area contributed by atoms with Gasteiger partial charge in [-0.2, -0.15) is 0 Å². The molecule has 11 aromatic rings. The van der Waals surface area contributed by atoms with Gasteiger partial charge in [0.2, 0.25) is 0 Å². The summed E-state index contributed by atoms with van der Waals surface area (Å²) in [6.45, 7) is 0. The zero-order chi connectivity index (χ0) is 37.0. The predicted octanol–water partition coefficient (Wildman–Crippen LogP) is 13.7. The summed E-state index contributed by atoms with van der Waals surface area (Å²) in [5, 5.41) is 3.62. The third-order valence-electron chi connectivity index (χ3n) is 10.6. The quantitative estimate of drug-likeness (QED) is 0.171. The molecule has 0 radical (unpaired) electrons. The highest BCUT2D eigenvalue weighted by Gasteiger charge is 2.23. The van der Waals surface area contributed by atoms with E-state index in [1.165, 1.54) is 36.6 Å². The molecule has 56 heavy (non-hydrogen) atoms. The van der Waals surface area contributed by atoms with Crippen LogP contribution in [0, 0.1) is 0 Å². The Labute approximate surface area is 327 Å². The van der Waals surface area contributed by atoms with E-state index < -0.39 is 0 Å². The predicted molar refractivity (Wildman–Crippen MR) is 234 cm³/mol. The van der Waals surface area contributed by atoms with Crippen LogP contribution in [0.15, 0.2) is 194 Å². The minimum Gasteiger partial charge on any atom is -0.308 e. The number of aromatic nitrogens is 4. The number of benzene rings is 7. The maximum absolute atomic E-state index is 5.44. The first-order chi connectivity index (χ1) is 27.8. The summed E-state index contributed by atoms with van der Waals surface area (Å²) < 4.78 is 4.96. The summed E-state index contributed by atoms with van der Waals surface area (Å²) in [4.78, 5) is 15.5. The van der Waals surface area contributed by atoms with Crippen LogP contribution in [-0.4, -0.2) is 19.5 Å². The van der Waals surface area contributed by atoms with Crippen LogP contribution in [-0.2, 0) is 0 Å². The molecule has 0 saturated heterocycles. The molecule has 0 aliphatic rings. The summed E-state index contributed by atoms with van der Waals surface area (Å²) in [5.41, 5.74) is 13.7. The molecule has 0 atom stereocenters. The van der Waals surface area contributed by atoms with Crippen molar-refractivity contribution in [2.45, 2.75) is 0 Å². The van der Waals surface area contributed by atoms with E-state index in [4.69, 9.17) is 15.0 Å². The standard InChI is InChI=1S/C51H32N4S/c1-4-15-34(16-5-1)43-32-44(54-51(53-43)36-17-6-2-7-18-36)35-29-27-33(28-30-35)37-19-14-20-38(31-37)47-46-48-50(56-49(46)40-23-10-12-25-42(40)52-47)41-24-11-13-26-45(41)55(48)39-21-8-3-9-22-39/h1-32H. The van der Waals surface area contributed by atoms with Gasteiger partial charge >= 0.3 is 0 Å². The number of hydrogen-bond acceptors (Lipinski definition) is 4. The molecule has 4 aromatic heterocycles. The van der Waals surface area contributed by atoms with Gasteiger partial charge in [-0.15, -0.1) is 11.3 Å². The Balaban J connectivity index is 1.06. The highest BCUT2D eigenvalue weighted by Crippen LogP contribution is 2.47. The van der Waals surface area contributed by atoms with Gasteiger partial charge in [-0.3, -0.25) is 0 Å². The second kappa shape index (κ2) is 13.3. The Bertz CT molecular complexity index is 3160. The zero-order valence-corrected chi connectivity index (χ0v) is 31.0. The van der Waals surface area contributed by atoms with Gasteiger partial charge in [0.05, 0.1) is 38.3 Å². The third-order valence-corrected chi connectivity index (χ3v) is 11.9. The lowest BCUT2D eigenvalue weighted by Gasteiger charge is -2.12. The minimum absolute atomic E-state index is 0.710. The Kier molecular flexibility index (Phi) is 7.64. The maximum atomic E-state index is 5.44. The first-order valence-electron chi connectivity index (χ1n) is 18.8. The Morgan fingerprint density at radius 3 is 1.71 bits per heavy atom. The van der Waals surface area contributed by atoms with Crippen LogP contribution >= 0.6 is 11.3 Å². The molecule has 0 fully saturated rings. The third kappa shape index (κ3) is 5.40. The van der Waals surface area contributed by atoms with E-state index in [-0.39, 0.29) is 0 Å². The smallest absolute Gasteiger partial charge is 0.160 e. The Hall–Kier alpha value is -7.21. The van der Waals surface area contributed by atoms with Gasteiger partial charge in [0.15, 0.2) is 5.82 Å². The zero-order valence-electron chi connectivity index (χ0n) is 30.2. The van der Waals surface area contributed by atoms with E-state index in [0.717, 1.165) is 61.7 Å². The fourth-order valence-electron chi connectivity index (χ4n) is 7.95. The summed E-state index contributed by atoms with van der Waals surface area (Å²) in [7, 11) is 0. The SMILES string of the molecule is c1ccc(-c2cc(-c3ccc(-c4cccc(-c5nc6ccccc6c6sc7c8ccccc8n(-c8ccccc8)c7c56)c4)cc3)nc(-c3ccccc3)n2)cc1. The number of rotatable bonds is 6. The molecule has 262 valence electrons. The number of fused-ring (bicyclic) bond motifs is 7. The van der Waals surface area contributed by atoms with Crippen molar-refractivity contribution in [1.29, 1.82) is 0 Å².